The van der Waals surface area contributed by atoms with Gasteiger partial charge in [-0.1, -0.05) is 20.8 Å². The second-order valence-electron chi connectivity index (χ2n) is 4.31. The average Bonchev–Trinajstić information content (AvgIpc) is 2.31. The summed E-state index contributed by atoms with van der Waals surface area (Å²) in [4.78, 5) is 11.0. The molecular formula is C10H18O3. The molecule has 76 valence electrons. The number of carbonyl (C=O) groups is 1. The van der Waals surface area contributed by atoms with Crippen LogP contribution in [0.2, 0.25) is 0 Å². The fourth-order valence-corrected chi connectivity index (χ4v) is 1.63. The van der Waals surface area contributed by atoms with Gasteiger partial charge in [-0.25, -0.2) is 0 Å². The predicted molar refractivity (Wildman–Crippen MR) is 49.1 cm³/mol. The van der Waals surface area contributed by atoms with E-state index in [1.165, 1.54) is 0 Å². The van der Waals surface area contributed by atoms with E-state index >= 15 is 0 Å². The van der Waals surface area contributed by atoms with E-state index < -0.39 is 6.10 Å². The molecule has 0 spiro atoms. The molecule has 1 heterocycles. The summed E-state index contributed by atoms with van der Waals surface area (Å²) in [6, 6.07) is 0. The van der Waals surface area contributed by atoms with E-state index in [4.69, 9.17) is 4.74 Å². The van der Waals surface area contributed by atoms with E-state index in [9.17, 15) is 9.90 Å². The Morgan fingerprint density at radius 3 is 2.62 bits per heavy atom. The van der Waals surface area contributed by atoms with Gasteiger partial charge in [0, 0.05) is 0 Å². The summed E-state index contributed by atoms with van der Waals surface area (Å²) in [6.07, 6.45) is 0.594. The van der Waals surface area contributed by atoms with Gasteiger partial charge in [-0.15, -0.1) is 0 Å². The topological polar surface area (TPSA) is 46.5 Å². The first-order valence-corrected chi connectivity index (χ1v) is 4.89. The molecule has 0 unspecified atom stereocenters. The Labute approximate surface area is 79.1 Å². The van der Waals surface area contributed by atoms with Crippen molar-refractivity contribution in [1.29, 1.82) is 0 Å². The highest BCUT2D eigenvalue weighted by Gasteiger charge is 2.35. The first-order valence-electron chi connectivity index (χ1n) is 4.89. The van der Waals surface area contributed by atoms with E-state index in [-0.39, 0.29) is 18.0 Å². The lowest BCUT2D eigenvalue weighted by Crippen LogP contribution is -2.27. The molecule has 1 saturated heterocycles. The van der Waals surface area contributed by atoms with E-state index in [1.807, 2.05) is 20.8 Å². The normalized spacial score (nSPS) is 30.7. The summed E-state index contributed by atoms with van der Waals surface area (Å²) in [7, 11) is 0. The van der Waals surface area contributed by atoms with Crippen molar-refractivity contribution in [2.75, 3.05) is 0 Å². The maximum atomic E-state index is 11.0. The fraction of sp³-hybridized carbons (Fsp3) is 0.900. The number of rotatable bonds is 3. The molecule has 0 radical (unpaired) electrons. The van der Waals surface area contributed by atoms with Gasteiger partial charge >= 0.3 is 5.97 Å². The van der Waals surface area contributed by atoms with Gasteiger partial charge in [0.15, 0.2) is 0 Å². The van der Waals surface area contributed by atoms with Crippen LogP contribution in [-0.2, 0) is 9.53 Å². The molecule has 0 amide bonds. The molecule has 0 aromatic heterocycles. The van der Waals surface area contributed by atoms with Crippen LogP contribution < -0.4 is 0 Å². The number of carbonyl (C=O) groups excluding carboxylic acids is 1. The standard InChI is InChI=1S/C10H18O3/c1-6(2)4-8(11)9-5-7(3)10(12)13-9/h6-9,11H,4-5H2,1-3H3/t7-,8+,9+/m1/s1. The van der Waals surface area contributed by atoms with Crippen LogP contribution in [0.15, 0.2) is 0 Å². The molecule has 3 atom stereocenters. The number of cyclic esters (lactones) is 1. The Hall–Kier alpha value is -0.570. The van der Waals surface area contributed by atoms with Gasteiger partial charge in [-0.3, -0.25) is 4.79 Å². The number of esters is 1. The molecule has 3 heteroatoms. The lowest BCUT2D eigenvalue weighted by Gasteiger charge is -2.18. The van der Waals surface area contributed by atoms with Gasteiger partial charge in [-0.05, 0) is 18.8 Å². The molecule has 0 bridgehead atoms. The lowest BCUT2D eigenvalue weighted by molar-refractivity contribution is -0.147. The summed E-state index contributed by atoms with van der Waals surface area (Å²) in [5, 5.41) is 9.68. The van der Waals surface area contributed by atoms with Crippen LogP contribution in [0.4, 0.5) is 0 Å². The Morgan fingerprint density at radius 2 is 2.23 bits per heavy atom. The smallest absolute Gasteiger partial charge is 0.309 e. The lowest BCUT2D eigenvalue weighted by atomic mass is 9.97. The first-order chi connectivity index (χ1) is 6.00. The minimum absolute atomic E-state index is 0.0492. The van der Waals surface area contributed by atoms with E-state index in [2.05, 4.69) is 0 Å². The van der Waals surface area contributed by atoms with Gasteiger partial charge in [0.25, 0.3) is 0 Å². The minimum atomic E-state index is -0.492. The van der Waals surface area contributed by atoms with E-state index in [0.29, 0.717) is 18.8 Å². The van der Waals surface area contributed by atoms with Gasteiger partial charge in [0.05, 0.1) is 12.0 Å². The molecular weight excluding hydrogens is 168 g/mol. The van der Waals surface area contributed by atoms with Crippen molar-refractivity contribution in [3.05, 3.63) is 0 Å². The summed E-state index contributed by atoms with van der Waals surface area (Å²) in [6.45, 7) is 5.93. The van der Waals surface area contributed by atoms with E-state index in [0.717, 1.165) is 0 Å². The van der Waals surface area contributed by atoms with Crippen LogP contribution in [0.25, 0.3) is 0 Å². The van der Waals surface area contributed by atoms with E-state index in [1.54, 1.807) is 0 Å². The molecule has 0 saturated carbocycles. The predicted octanol–water partition coefficient (Wildman–Crippen LogP) is 1.34. The van der Waals surface area contributed by atoms with Gasteiger partial charge in [0.2, 0.25) is 0 Å². The van der Waals surface area contributed by atoms with Crippen molar-refractivity contribution >= 4 is 5.97 Å². The zero-order chi connectivity index (χ0) is 10.0. The molecule has 13 heavy (non-hydrogen) atoms. The monoisotopic (exact) mass is 186 g/mol. The first kappa shape index (κ1) is 10.5. The van der Waals surface area contributed by atoms with Crippen LogP contribution in [0, 0.1) is 11.8 Å². The number of ether oxygens (including phenoxy) is 1. The number of hydrogen-bond donors (Lipinski definition) is 1. The molecule has 1 aliphatic rings. The van der Waals surface area contributed by atoms with Crippen molar-refractivity contribution in [3.63, 3.8) is 0 Å². The second kappa shape index (κ2) is 4.09. The number of aliphatic hydroxyl groups is 1. The van der Waals surface area contributed by atoms with Crippen LogP contribution >= 0.6 is 0 Å². The van der Waals surface area contributed by atoms with Crippen molar-refractivity contribution in [2.45, 2.75) is 45.8 Å². The SMILES string of the molecule is CC(C)C[C@H](O)[C@@H]1C[C@@H](C)C(=O)O1. The van der Waals surface area contributed by atoms with Crippen LogP contribution in [-0.4, -0.2) is 23.3 Å². The zero-order valence-electron chi connectivity index (χ0n) is 8.49. The summed E-state index contributed by atoms with van der Waals surface area (Å²) in [5.74, 6) is 0.212. The third-order valence-corrected chi connectivity index (χ3v) is 2.40. The number of hydrogen-bond acceptors (Lipinski definition) is 3. The van der Waals surface area contributed by atoms with Crippen LogP contribution in [0.5, 0.6) is 0 Å². The molecule has 1 rings (SSSR count). The van der Waals surface area contributed by atoms with Crippen LogP contribution in [0.3, 0.4) is 0 Å². The molecule has 1 N–H and O–H groups in total. The second-order valence-corrected chi connectivity index (χ2v) is 4.31. The maximum absolute atomic E-state index is 11.0. The fourth-order valence-electron chi connectivity index (χ4n) is 1.63. The highest BCUT2D eigenvalue weighted by molar-refractivity contribution is 5.74. The highest BCUT2D eigenvalue weighted by atomic mass is 16.6. The minimum Gasteiger partial charge on any atom is -0.459 e. The van der Waals surface area contributed by atoms with Crippen molar-refractivity contribution < 1.29 is 14.6 Å². The van der Waals surface area contributed by atoms with Crippen molar-refractivity contribution in [3.8, 4) is 0 Å². The van der Waals surface area contributed by atoms with Gasteiger partial charge in [-0.2, -0.15) is 0 Å². The summed E-state index contributed by atoms with van der Waals surface area (Å²) in [5.41, 5.74) is 0. The quantitative estimate of drug-likeness (QED) is 0.677. The Morgan fingerprint density at radius 1 is 1.62 bits per heavy atom. The average molecular weight is 186 g/mol. The van der Waals surface area contributed by atoms with Gasteiger partial charge < -0.3 is 9.84 Å². The third-order valence-electron chi connectivity index (χ3n) is 2.40. The van der Waals surface area contributed by atoms with Gasteiger partial charge in [0.1, 0.15) is 6.10 Å². The largest absolute Gasteiger partial charge is 0.459 e. The van der Waals surface area contributed by atoms with Crippen molar-refractivity contribution in [2.24, 2.45) is 11.8 Å². The third kappa shape index (κ3) is 2.69. The molecule has 1 fully saturated rings. The molecule has 0 aromatic carbocycles. The molecule has 0 aromatic rings. The Bertz CT molecular complexity index is 189. The summed E-state index contributed by atoms with van der Waals surface area (Å²) >= 11 is 0. The highest BCUT2D eigenvalue weighted by Crippen LogP contribution is 2.25. The molecule has 3 nitrogen and oxygen atoms in total. The molecule has 1 aliphatic heterocycles. The molecule has 0 aliphatic carbocycles. The van der Waals surface area contributed by atoms with Crippen LogP contribution in [0.1, 0.15) is 33.6 Å². The summed E-state index contributed by atoms with van der Waals surface area (Å²) < 4.78 is 5.05. The Kier molecular flexibility index (Phi) is 3.31. The Balaban J connectivity index is 2.41. The maximum Gasteiger partial charge on any atom is 0.309 e. The number of aliphatic hydroxyl groups excluding tert-OH is 1. The van der Waals surface area contributed by atoms with Crippen molar-refractivity contribution in [1.82, 2.24) is 0 Å². The zero-order valence-corrected chi connectivity index (χ0v) is 8.49.